The average Bonchev–Trinajstić information content (AvgIpc) is 3.40. The molecule has 1 aliphatic heterocycles. The molecule has 2 heterocycles. The molecular weight excluding hydrogens is 509 g/mol. The summed E-state index contributed by atoms with van der Waals surface area (Å²) < 4.78 is 32.8. The van der Waals surface area contributed by atoms with Gasteiger partial charge in [-0.3, -0.25) is 14.2 Å². The number of ether oxygens (including phenoxy) is 3. The molecule has 1 aromatic heterocycles. The van der Waals surface area contributed by atoms with Crippen LogP contribution in [0.4, 0.5) is 10.1 Å². The van der Waals surface area contributed by atoms with Crippen molar-refractivity contribution in [3.8, 4) is 17.2 Å². The first-order chi connectivity index (χ1) is 18.3. The molecule has 8 nitrogen and oxygen atoms in total. The molecule has 1 amide bonds. The summed E-state index contributed by atoms with van der Waals surface area (Å²) in [5, 5.41) is 2.74. The lowest BCUT2D eigenvalue weighted by molar-refractivity contribution is -0.110. The first kappa shape index (κ1) is 27.4. The molecule has 3 aromatic rings. The fraction of sp³-hybridized carbons (Fsp3) is 0.357. The Morgan fingerprint density at radius 2 is 1.71 bits per heavy atom. The number of anilines is 1. The van der Waals surface area contributed by atoms with Crippen LogP contribution in [-0.2, 0) is 11.3 Å². The molecule has 2 aromatic carbocycles. The van der Waals surface area contributed by atoms with Crippen molar-refractivity contribution in [1.29, 1.82) is 0 Å². The largest absolute Gasteiger partial charge is 0.493 e. The van der Waals surface area contributed by atoms with E-state index in [1.165, 1.54) is 44.8 Å². The van der Waals surface area contributed by atoms with Gasteiger partial charge in [0.2, 0.25) is 5.75 Å². The number of hydrogen-bond acceptors (Lipinski definition) is 7. The molecule has 0 bridgehead atoms. The number of thiazole rings is 1. The second-order valence-electron chi connectivity index (χ2n) is 8.73. The number of rotatable bonds is 10. The van der Waals surface area contributed by atoms with Crippen molar-refractivity contribution in [1.82, 2.24) is 9.47 Å². The predicted octanol–water partition coefficient (Wildman–Crippen LogP) is 2.79. The minimum atomic E-state index is -0.440. The highest BCUT2D eigenvalue weighted by molar-refractivity contribution is 7.07. The molecular formula is C28H32FN3O5S. The number of fused-ring (bicyclic) bond motifs is 1. The molecule has 10 heteroatoms. The van der Waals surface area contributed by atoms with Gasteiger partial charge in [0.25, 0.3) is 11.5 Å². The monoisotopic (exact) mass is 541 g/mol. The topological polar surface area (TPSA) is 82.0 Å². The molecule has 202 valence electrons. The molecule has 0 aliphatic carbocycles. The molecule has 1 aliphatic rings. The average molecular weight is 542 g/mol. The van der Waals surface area contributed by atoms with Gasteiger partial charge in [-0.25, -0.2) is 4.39 Å². The molecule has 0 spiro atoms. The molecule has 0 atom stereocenters. The zero-order valence-corrected chi connectivity index (χ0v) is 23.0. The van der Waals surface area contributed by atoms with Crippen molar-refractivity contribution in [2.75, 3.05) is 46.3 Å². The van der Waals surface area contributed by atoms with Crippen LogP contribution in [0.15, 0.2) is 35.1 Å². The number of nitrogens with zero attached hydrogens (tertiary/aromatic N) is 2. The standard InChI is InChI=1S/C28H32FN3O5S/c1-6-31(7-2)11-8-12-32-27(34)23(15-17-13-21(35-3)25(37-5)22(14-17)36-4)38-28(32)24-19-10-9-18(29)16-20(19)30-26(24)33/h9-10,13-16H,6-8,11-12H2,1-5H3,(H,30,33)/b23-15+,28-24+. The molecule has 1 N–H and O–H groups in total. The van der Waals surface area contributed by atoms with E-state index in [0.29, 0.717) is 55.4 Å². The Labute approximate surface area is 224 Å². The summed E-state index contributed by atoms with van der Waals surface area (Å²) >= 11 is 1.23. The van der Waals surface area contributed by atoms with Crippen LogP contribution in [-0.4, -0.2) is 56.3 Å². The van der Waals surface area contributed by atoms with E-state index in [-0.39, 0.29) is 11.5 Å². The first-order valence-electron chi connectivity index (χ1n) is 12.4. The molecule has 0 radical (unpaired) electrons. The fourth-order valence-corrected chi connectivity index (χ4v) is 5.78. The van der Waals surface area contributed by atoms with Gasteiger partial charge in [0.1, 0.15) is 10.5 Å². The van der Waals surface area contributed by atoms with Crippen LogP contribution >= 0.6 is 11.3 Å². The number of carbonyl (C=O) groups is 1. The smallest absolute Gasteiger partial charge is 0.269 e. The first-order valence-corrected chi connectivity index (χ1v) is 13.3. The van der Waals surface area contributed by atoms with Gasteiger partial charge in [0, 0.05) is 12.1 Å². The molecule has 0 saturated carbocycles. The van der Waals surface area contributed by atoms with Gasteiger partial charge >= 0.3 is 0 Å². The van der Waals surface area contributed by atoms with E-state index >= 15 is 0 Å². The molecule has 0 unspecified atom stereocenters. The van der Waals surface area contributed by atoms with Crippen molar-refractivity contribution in [2.45, 2.75) is 26.8 Å². The molecule has 0 fully saturated rings. The lowest BCUT2D eigenvalue weighted by Gasteiger charge is -2.17. The second kappa shape index (κ2) is 11.8. The van der Waals surface area contributed by atoms with E-state index in [2.05, 4.69) is 24.1 Å². The Morgan fingerprint density at radius 1 is 1.03 bits per heavy atom. The van der Waals surface area contributed by atoms with Crippen LogP contribution in [0, 0.1) is 5.82 Å². The molecule has 0 saturated heterocycles. The number of nitrogens with one attached hydrogen (secondary N) is 1. The quantitative estimate of drug-likeness (QED) is 0.425. The Morgan fingerprint density at radius 3 is 2.32 bits per heavy atom. The Hall–Kier alpha value is -3.63. The Bertz CT molecular complexity index is 1500. The van der Waals surface area contributed by atoms with Crippen molar-refractivity contribution < 1.29 is 23.4 Å². The molecule has 38 heavy (non-hydrogen) atoms. The highest BCUT2D eigenvalue weighted by Gasteiger charge is 2.27. The Balaban J connectivity index is 1.92. The number of methoxy groups -OCH3 is 3. The summed E-state index contributed by atoms with van der Waals surface area (Å²) in [5.41, 5.74) is 1.83. The van der Waals surface area contributed by atoms with E-state index in [0.717, 1.165) is 26.1 Å². The van der Waals surface area contributed by atoms with Gasteiger partial charge < -0.3 is 24.4 Å². The summed E-state index contributed by atoms with van der Waals surface area (Å²) in [6, 6.07) is 7.71. The normalized spacial score (nSPS) is 14.6. The van der Waals surface area contributed by atoms with Gasteiger partial charge in [-0.05, 0) is 68.0 Å². The summed E-state index contributed by atoms with van der Waals surface area (Å²) in [4.78, 5) is 29.0. The second-order valence-corrected chi connectivity index (χ2v) is 9.76. The van der Waals surface area contributed by atoms with Crippen LogP contribution in [0.25, 0.3) is 11.6 Å². The molecule has 4 rings (SSSR count). The summed E-state index contributed by atoms with van der Waals surface area (Å²) in [6.45, 7) is 7.30. The summed E-state index contributed by atoms with van der Waals surface area (Å²) in [6.07, 6.45) is 2.49. The third kappa shape index (κ3) is 5.32. The number of hydrogen-bond donors (Lipinski definition) is 1. The number of benzene rings is 2. The number of halogens is 1. The maximum absolute atomic E-state index is 13.8. The van der Waals surface area contributed by atoms with Gasteiger partial charge in [-0.15, -0.1) is 11.3 Å². The van der Waals surface area contributed by atoms with Gasteiger partial charge in [0.15, 0.2) is 11.5 Å². The van der Waals surface area contributed by atoms with Crippen molar-refractivity contribution in [2.24, 2.45) is 0 Å². The van der Waals surface area contributed by atoms with Crippen LogP contribution in [0.2, 0.25) is 0 Å². The van der Waals surface area contributed by atoms with Crippen LogP contribution in [0.3, 0.4) is 0 Å². The zero-order valence-electron chi connectivity index (χ0n) is 22.2. The zero-order chi connectivity index (χ0) is 27.4. The third-order valence-electron chi connectivity index (χ3n) is 6.58. The van der Waals surface area contributed by atoms with E-state index in [9.17, 15) is 14.0 Å². The summed E-state index contributed by atoms with van der Waals surface area (Å²) in [5.74, 6) is 0.591. The maximum Gasteiger partial charge on any atom is 0.269 e. The maximum atomic E-state index is 13.8. The highest BCUT2D eigenvalue weighted by Crippen LogP contribution is 2.38. The fourth-order valence-electron chi connectivity index (χ4n) is 4.59. The van der Waals surface area contributed by atoms with Gasteiger partial charge in [-0.1, -0.05) is 13.8 Å². The lowest BCUT2D eigenvalue weighted by atomic mass is 10.1. The van der Waals surface area contributed by atoms with Crippen molar-refractivity contribution in [3.05, 3.63) is 66.8 Å². The van der Waals surface area contributed by atoms with E-state index in [1.54, 1.807) is 28.8 Å². The van der Waals surface area contributed by atoms with Crippen molar-refractivity contribution >= 4 is 34.6 Å². The predicted molar refractivity (Wildman–Crippen MR) is 147 cm³/mol. The van der Waals surface area contributed by atoms with Crippen LogP contribution in [0.5, 0.6) is 17.2 Å². The number of carbonyl (C=O) groups excluding carboxylic acids is 1. The van der Waals surface area contributed by atoms with Crippen LogP contribution in [0.1, 0.15) is 31.4 Å². The number of aromatic nitrogens is 1. The van der Waals surface area contributed by atoms with Gasteiger partial charge in [-0.2, -0.15) is 0 Å². The summed E-state index contributed by atoms with van der Waals surface area (Å²) in [7, 11) is 4.59. The Kier molecular flexibility index (Phi) is 8.53. The van der Waals surface area contributed by atoms with Crippen LogP contribution < -0.4 is 34.3 Å². The van der Waals surface area contributed by atoms with Gasteiger partial charge in [0.05, 0.1) is 37.1 Å². The lowest BCUT2D eigenvalue weighted by Crippen LogP contribution is -2.34. The SMILES string of the molecule is CCN(CC)CCCn1c(=O)/c(=C\c2cc(OC)c(OC)c(OC)c2)s/c1=C1/C(=O)Nc2cc(F)ccc21. The van der Waals surface area contributed by atoms with Crippen molar-refractivity contribution in [3.63, 3.8) is 0 Å². The minimum Gasteiger partial charge on any atom is -0.493 e. The van der Waals surface area contributed by atoms with E-state index in [1.807, 2.05) is 0 Å². The highest BCUT2D eigenvalue weighted by atomic mass is 32.1. The van der Waals surface area contributed by atoms with E-state index < -0.39 is 5.82 Å². The number of amides is 1. The van der Waals surface area contributed by atoms with E-state index in [4.69, 9.17) is 14.2 Å². The third-order valence-corrected chi connectivity index (χ3v) is 7.71. The minimum absolute atomic E-state index is 0.200.